The fraction of sp³-hybridized carbons (Fsp3) is 0.708. The Balaban J connectivity index is 1.62. The monoisotopic (exact) mass is 503 g/mol. The predicted octanol–water partition coefficient (Wildman–Crippen LogP) is 4.41. The summed E-state index contributed by atoms with van der Waals surface area (Å²) in [7, 11) is -4.11. The highest BCUT2D eigenvalue weighted by Crippen LogP contribution is 2.33. The summed E-state index contributed by atoms with van der Waals surface area (Å²) in [6.45, 7) is 4.87. The van der Waals surface area contributed by atoms with E-state index < -0.39 is 27.8 Å². The maximum absolute atomic E-state index is 13.3. The summed E-state index contributed by atoms with van der Waals surface area (Å²) in [6, 6.07) is 3.42. The Morgan fingerprint density at radius 2 is 1.71 bits per heavy atom. The Labute approximate surface area is 200 Å². The Bertz CT molecular complexity index is 921. The van der Waals surface area contributed by atoms with Crippen LogP contribution < -0.4 is 5.32 Å². The Morgan fingerprint density at radius 1 is 1.09 bits per heavy atom. The van der Waals surface area contributed by atoms with E-state index in [2.05, 4.69) is 5.32 Å². The van der Waals surface area contributed by atoms with Gasteiger partial charge in [-0.05, 0) is 57.7 Å². The summed E-state index contributed by atoms with van der Waals surface area (Å²) < 4.78 is 67.4. The number of piperidine rings is 1. The number of alkyl halides is 3. The number of hydrogen-bond donors (Lipinski definition) is 1. The van der Waals surface area contributed by atoms with Gasteiger partial charge in [0, 0.05) is 31.2 Å². The molecule has 1 N–H and O–H groups in total. The van der Waals surface area contributed by atoms with Crippen LogP contribution in [0.5, 0.6) is 0 Å². The van der Waals surface area contributed by atoms with Crippen molar-refractivity contribution in [1.82, 2.24) is 14.5 Å². The van der Waals surface area contributed by atoms with E-state index in [-0.39, 0.29) is 29.4 Å². The van der Waals surface area contributed by atoms with E-state index in [4.69, 9.17) is 0 Å². The van der Waals surface area contributed by atoms with Crippen molar-refractivity contribution < 1.29 is 26.4 Å². The van der Waals surface area contributed by atoms with Crippen molar-refractivity contribution in [3.05, 3.63) is 29.8 Å². The predicted molar refractivity (Wildman–Crippen MR) is 125 cm³/mol. The molecule has 2 aliphatic rings. The van der Waals surface area contributed by atoms with E-state index in [9.17, 15) is 26.4 Å². The van der Waals surface area contributed by atoms with Crippen LogP contribution >= 0.6 is 0 Å². The highest BCUT2D eigenvalue weighted by atomic mass is 32.2. The number of benzene rings is 1. The highest BCUT2D eigenvalue weighted by molar-refractivity contribution is 7.89. The van der Waals surface area contributed by atoms with Gasteiger partial charge in [0.15, 0.2) is 0 Å². The summed E-state index contributed by atoms with van der Waals surface area (Å²) in [5.74, 6) is 0.00246. The molecule has 1 aromatic rings. The number of amides is 1. The molecule has 1 aliphatic heterocycles. The summed E-state index contributed by atoms with van der Waals surface area (Å²) >= 11 is 0. The third-order valence-corrected chi connectivity index (χ3v) is 8.87. The Kier molecular flexibility index (Phi) is 9.03. The maximum atomic E-state index is 13.3. The molecule has 1 aromatic carbocycles. The van der Waals surface area contributed by atoms with Gasteiger partial charge in [-0.25, -0.2) is 8.42 Å². The minimum atomic E-state index is -4.61. The molecule has 1 amide bonds. The first-order valence-corrected chi connectivity index (χ1v) is 13.6. The lowest BCUT2D eigenvalue weighted by atomic mass is 10.0. The van der Waals surface area contributed by atoms with Crippen molar-refractivity contribution in [2.75, 3.05) is 19.6 Å². The van der Waals surface area contributed by atoms with Crippen LogP contribution in [0.1, 0.15) is 70.8 Å². The minimum absolute atomic E-state index is 0.00246. The van der Waals surface area contributed by atoms with Gasteiger partial charge in [0.05, 0.1) is 17.0 Å². The van der Waals surface area contributed by atoms with Crippen molar-refractivity contribution in [3.8, 4) is 0 Å². The van der Waals surface area contributed by atoms with Gasteiger partial charge in [0.2, 0.25) is 15.9 Å². The van der Waals surface area contributed by atoms with Gasteiger partial charge in [-0.1, -0.05) is 31.7 Å². The minimum Gasteiger partial charge on any atom is -0.352 e. The topological polar surface area (TPSA) is 69.7 Å². The second-order valence-electron chi connectivity index (χ2n) is 9.72. The van der Waals surface area contributed by atoms with Crippen LogP contribution in [0.15, 0.2) is 29.2 Å². The van der Waals surface area contributed by atoms with Crippen molar-refractivity contribution in [1.29, 1.82) is 0 Å². The van der Waals surface area contributed by atoms with Gasteiger partial charge in [-0.2, -0.15) is 17.5 Å². The number of sulfonamides is 1. The number of likely N-dealkylation sites (tertiary alicyclic amines) is 1. The number of hydrogen-bond acceptors (Lipinski definition) is 4. The fourth-order valence-corrected chi connectivity index (χ4v) is 7.01. The first kappa shape index (κ1) is 26.9. The van der Waals surface area contributed by atoms with E-state index in [0.717, 1.165) is 37.8 Å². The molecule has 1 saturated carbocycles. The average Bonchev–Trinajstić information content (AvgIpc) is 3.03. The molecule has 0 spiro atoms. The number of nitrogens with zero attached hydrogens (tertiary/aromatic N) is 2. The zero-order chi connectivity index (χ0) is 24.9. The second kappa shape index (κ2) is 11.4. The lowest BCUT2D eigenvalue weighted by Crippen LogP contribution is -2.51. The van der Waals surface area contributed by atoms with E-state index >= 15 is 0 Å². The van der Waals surface area contributed by atoms with Crippen molar-refractivity contribution in [2.45, 2.75) is 94.4 Å². The van der Waals surface area contributed by atoms with E-state index in [1.54, 1.807) is 13.8 Å². The molecule has 2 fully saturated rings. The molecule has 0 bridgehead atoms. The van der Waals surface area contributed by atoms with Crippen LogP contribution in [0, 0.1) is 0 Å². The largest absolute Gasteiger partial charge is 0.416 e. The van der Waals surface area contributed by atoms with E-state index in [1.807, 2.05) is 4.90 Å². The number of halogens is 3. The molecule has 0 atom stereocenters. The first-order valence-electron chi connectivity index (χ1n) is 12.2. The molecule has 1 aliphatic carbocycles. The quantitative estimate of drug-likeness (QED) is 0.560. The summed E-state index contributed by atoms with van der Waals surface area (Å²) in [6.07, 6.45) is 3.18. The van der Waals surface area contributed by atoms with Gasteiger partial charge < -0.3 is 5.32 Å². The van der Waals surface area contributed by atoms with Gasteiger partial charge >= 0.3 is 6.18 Å². The van der Waals surface area contributed by atoms with E-state index in [1.165, 1.54) is 23.2 Å². The molecule has 192 valence electrons. The van der Waals surface area contributed by atoms with E-state index in [0.29, 0.717) is 32.0 Å². The molecule has 34 heavy (non-hydrogen) atoms. The van der Waals surface area contributed by atoms with Gasteiger partial charge in [-0.15, -0.1) is 0 Å². The SMILES string of the molecule is CC(C)N(C1CCN(CC(=O)NC2CCCCCC2)CC1)S(=O)(=O)c1cccc(C(F)(F)F)c1. The molecular formula is C24H36F3N3O3S. The average molecular weight is 504 g/mol. The van der Waals surface area contributed by atoms with Crippen LogP contribution in [-0.2, 0) is 21.0 Å². The van der Waals surface area contributed by atoms with Crippen LogP contribution in [0.4, 0.5) is 13.2 Å². The lowest BCUT2D eigenvalue weighted by Gasteiger charge is -2.39. The van der Waals surface area contributed by atoms with Crippen LogP contribution in [0.2, 0.25) is 0 Å². The molecule has 1 saturated heterocycles. The smallest absolute Gasteiger partial charge is 0.352 e. The number of carbonyl (C=O) groups excluding carboxylic acids is 1. The number of carbonyl (C=O) groups is 1. The van der Waals surface area contributed by atoms with Crippen LogP contribution in [0.3, 0.4) is 0 Å². The Hall–Kier alpha value is -1.65. The van der Waals surface area contributed by atoms with Gasteiger partial charge in [0.1, 0.15) is 0 Å². The molecule has 10 heteroatoms. The molecule has 1 heterocycles. The molecular weight excluding hydrogens is 467 g/mol. The fourth-order valence-electron chi connectivity index (χ4n) is 5.08. The first-order chi connectivity index (χ1) is 16.0. The normalized spacial score (nSPS) is 20.0. The third kappa shape index (κ3) is 6.95. The molecule has 0 unspecified atom stereocenters. The van der Waals surface area contributed by atoms with Gasteiger partial charge in [0.25, 0.3) is 0 Å². The van der Waals surface area contributed by atoms with Crippen molar-refractivity contribution in [3.63, 3.8) is 0 Å². The maximum Gasteiger partial charge on any atom is 0.416 e. The standard InChI is InChI=1S/C24H36F3N3O3S/c1-18(2)30(34(32,33)22-11-7-8-19(16-22)24(25,26)27)21-12-14-29(15-13-21)17-23(31)28-20-9-5-3-4-6-10-20/h7-8,11,16,18,20-21H,3-6,9-10,12-15,17H2,1-2H3,(H,28,31). The Morgan fingerprint density at radius 3 is 2.26 bits per heavy atom. The molecule has 6 nitrogen and oxygen atoms in total. The van der Waals surface area contributed by atoms with Gasteiger partial charge in [-0.3, -0.25) is 9.69 Å². The third-order valence-electron chi connectivity index (χ3n) is 6.75. The summed E-state index contributed by atoms with van der Waals surface area (Å²) in [5, 5.41) is 3.14. The lowest BCUT2D eigenvalue weighted by molar-refractivity contribution is -0.137. The van der Waals surface area contributed by atoms with Crippen LogP contribution in [0.25, 0.3) is 0 Å². The van der Waals surface area contributed by atoms with Crippen molar-refractivity contribution in [2.24, 2.45) is 0 Å². The van der Waals surface area contributed by atoms with Crippen molar-refractivity contribution >= 4 is 15.9 Å². The highest BCUT2D eigenvalue weighted by Gasteiger charge is 2.38. The molecule has 3 rings (SSSR count). The summed E-state index contributed by atoms with van der Waals surface area (Å²) in [4.78, 5) is 14.2. The zero-order valence-corrected chi connectivity index (χ0v) is 20.8. The molecule has 0 aromatic heterocycles. The van der Waals surface area contributed by atoms with Crippen LogP contribution in [-0.4, -0.2) is 61.3 Å². The summed E-state index contributed by atoms with van der Waals surface area (Å²) in [5.41, 5.74) is -0.980. The number of rotatable bonds is 7. The zero-order valence-electron chi connectivity index (χ0n) is 20.0. The molecule has 0 radical (unpaired) electrons. The number of nitrogens with one attached hydrogen (secondary N) is 1. The second-order valence-corrected chi connectivity index (χ2v) is 11.6.